The smallest absolute Gasteiger partial charge is 0.288 e. The molecule has 0 fully saturated rings. The molecule has 29 heavy (non-hydrogen) atoms. The van der Waals surface area contributed by atoms with E-state index >= 15 is 0 Å². The molecule has 146 valence electrons. The zero-order valence-corrected chi connectivity index (χ0v) is 16.0. The molecular weight excluding hydrogens is 394 g/mol. The molecule has 4 nitrogen and oxygen atoms in total. The molecule has 0 aliphatic carbocycles. The minimum atomic E-state index is -2.53. The van der Waals surface area contributed by atoms with Crippen LogP contribution in [0, 0.1) is 0 Å². The molecule has 0 aliphatic rings. The van der Waals surface area contributed by atoms with Gasteiger partial charge in [0.15, 0.2) is 5.43 Å². The van der Waals surface area contributed by atoms with E-state index in [1.54, 1.807) is 59.2 Å². The van der Waals surface area contributed by atoms with Gasteiger partial charge in [-0.2, -0.15) is 8.78 Å². The van der Waals surface area contributed by atoms with Gasteiger partial charge in [0.2, 0.25) is 5.91 Å². The van der Waals surface area contributed by atoms with Crippen molar-refractivity contribution in [2.75, 3.05) is 5.32 Å². The lowest BCUT2D eigenvalue weighted by atomic mass is 10.1. The van der Waals surface area contributed by atoms with Crippen LogP contribution in [-0.4, -0.2) is 16.2 Å². The van der Waals surface area contributed by atoms with Crippen molar-refractivity contribution in [1.29, 1.82) is 0 Å². The Kier molecular flexibility index (Phi) is 5.31. The number of thioether (sulfide) groups is 1. The summed E-state index contributed by atoms with van der Waals surface area (Å²) in [6.07, 6.45) is 0. The molecule has 1 heterocycles. The standard InChI is InChI=1S/C22H16F2N2O2S/c23-22(24)29-15-7-5-6-14(12-15)25-20(27)13-26-18-10-3-1-8-16(18)21(28)17-9-2-4-11-19(17)26/h1-12,22H,13H2,(H,25,27). The van der Waals surface area contributed by atoms with E-state index in [1.165, 1.54) is 6.07 Å². The highest BCUT2D eigenvalue weighted by atomic mass is 32.2. The van der Waals surface area contributed by atoms with Crippen LogP contribution in [0.15, 0.2) is 82.5 Å². The van der Waals surface area contributed by atoms with Gasteiger partial charge in [0.25, 0.3) is 5.76 Å². The number of nitrogens with zero attached hydrogens (tertiary/aromatic N) is 1. The van der Waals surface area contributed by atoms with Crippen molar-refractivity contribution in [3.05, 3.63) is 83.0 Å². The largest absolute Gasteiger partial charge is 0.331 e. The van der Waals surface area contributed by atoms with Crippen molar-refractivity contribution in [1.82, 2.24) is 4.57 Å². The summed E-state index contributed by atoms with van der Waals surface area (Å²) in [5.74, 6) is -2.84. The number of fused-ring (bicyclic) bond motifs is 2. The Morgan fingerprint density at radius 3 is 2.17 bits per heavy atom. The average Bonchev–Trinajstić information content (AvgIpc) is 2.71. The third kappa shape index (κ3) is 4.00. The number of benzene rings is 3. The second-order valence-electron chi connectivity index (χ2n) is 6.40. The van der Waals surface area contributed by atoms with Gasteiger partial charge < -0.3 is 9.88 Å². The second kappa shape index (κ2) is 8.05. The van der Waals surface area contributed by atoms with Crippen molar-refractivity contribution in [2.45, 2.75) is 17.2 Å². The number of carbonyl (C=O) groups excluding carboxylic acids is 1. The van der Waals surface area contributed by atoms with Gasteiger partial charge in [-0.1, -0.05) is 42.1 Å². The van der Waals surface area contributed by atoms with Crippen LogP contribution >= 0.6 is 11.8 Å². The Labute approximate surface area is 169 Å². The summed E-state index contributed by atoms with van der Waals surface area (Å²) in [7, 11) is 0. The first-order valence-corrected chi connectivity index (χ1v) is 9.76. The molecule has 4 rings (SSSR count). The van der Waals surface area contributed by atoms with Crippen molar-refractivity contribution >= 4 is 45.2 Å². The van der Waals surface area contributed by atoms with Crippen molar-refractivity contribution in [3.8, 4) is 0 Å². The number of halogens is 2. The molecule has 1 N–H and O–H groups in total. The van der Waals surface area contributed by atoms with E-state index < -0.39 is 5.76 Å². The van der Waals surface area contributed by atoms with Crippen LogP contribution in [-0.2, 0) is 11.3 Å². The van der Waals surface area contributed by atoms with E-state index in [0.717, 1.165) is 0 Å². The molecule has 0 atom stereocenters. The number of anilines is 1. The minimum absolute atomic E-state index is 0.0203. The van der Waals surface area contributed by atoms with Crippen LogP contribution < -0.4 is 10.7 Å². The number of para-hydroxylation sites is 2. The predicted octanol–water partition coefficient (Wildman–Crippen LogP) is 5.11. The Morgan fingerprint density at radius 1 is 0.931 bits per heavy atom. The van der Waals surface area contributed by atoms with E-state index in [1.807, 2.05) is 12.1 Å². The lowest BCUT2D eigenvalue weighted by Crippen LogP contribution is -2.21. The highest BCUT2D eigenvalue weighted by molar-refractivity contribution is 7.99. The van der Waals surface area contributed by atoms with Crippen LogP contribution in [0.25, 0.3) is 21.8 Å². The van der Waals surface area contributed by atoms with E-state index in [9.17, 15) is 18.4 Å². The first kappa shape index (κ1) is 19.1. The fraction of sp³-hybridized carbons (Fsp3) is 0.0909. The molecule has 7 heteroatoms. The van der Waals surface area contributed by atoms with Gasteiger partial charge in [-0.05, 0) is 42.5 Å². The number of alkyl halides is 2. The van der Waals surface area contributed by atoms with Gasteiger partial charge in [0.1, 0.15) is 6.54 Å². The molecule has 1 aromatic heterocycles. The van der Waals surface area contributed by atoms with Crippen LogP contribution in [0.2, 0.25) is 0 Å². The van der Waals surface area contributed by atoms with Crippen LogP contribution in [0.3, 0.4) is 0 Å². The third-order valence-electron chi connectivity index (χ3n) is 4.52. The number of hydrogen-bond donors (Lipinski definition) is 1. The molecule has 1 amide bonds. The maximum absolute atomic E-state index is 12.8. The van der Waals surface area contributed by atoms with Gasteiger partial charge in [-0.15, -0.1) is 0 Å². The summed E-state index contributed by atoms with van der Waals surface area (Å²) < 4.78 is 26.9. The summed E-state index contributed by atoms with van der Waals surface area (Å²) in [5.41, 5.74) is 1.68. The molecule has 4 aromatic rings. The lowest BCUT2D eigenvalue weighted by molar-refractivity contribution is -0.116. The highest BCUT2D eigenvalue weighted by Gasteiger charge is 2.13. The number of rotatable bonds is 5. The number of amides is 1. The molecule has 3 aromatic carbocycles. The van der Waals surface area contributed by atoms with Crippen molar-refractivity contribution in [3.63, 3.8) is 0 Å². The van der Waals surface area contributed by atoms with Crippen molar-refractivity contribution in [2.24, 2.45) is 0 Å². The lowest BCUT2D eigenvalue weighted by Gasteiger charge is -2.15. The molecule has 0 unspecified atom stereocenters. The Balaban J connectivity index is 1.70. The van der Waals surface area contributed by atoms with Crippen molar-refractivity contribution < 1.29 is 13.6 Å². The van der Waals surface area contributed by atoms with E-state index in [2.05, 4.69) is 5.32 Å². The van der Waals surface area contributed by atoms with Gasteiger partial charge in [-0.3, -0.25) is 9.59 Å². The monoisotopic (exact) mass is 410 g/mol. The molecule has 0 saturated heterocycles. The number of carbonyl (C=O) groups is 1. The zero-order chi connectivity index (χ0) is 20.4. The Hall–Kier alpha value is -3.19. The van der Waals surface area contributed by atoms with Gasteiger partial charge in [0.05, 0.1) is 11.0 Å². The molecule has 0 radical (unpaired) electrons. The fourth-order valence-corrected chi connectivity index (χ4v) is 3.90. The third-order valence-corrected chi connectivity index (χ3v) is 5.23. The maximum atomic E-state index is 12.8. The Bertz CT molecular complexity index is 1210. The van der Waals surface area contributed by atoms with Gasteiger partial charge >= 0.3 is 0 Å². The summed E-state index contributed by atoms with van der Waals surface area (Å²) in [6, 6.07) is 20.6. The number of pyridine rings is 1. The Morgan fingerprint density at radius 2 is 1.55 bits per heavy atom. The van der Waals surface area contributed by atoms with E-state index in [4.69, 9.17) is 0 Å². The molecular formula is C22H16F2N2O2S. The van der Waals surface area contributed by atoms with E-state index in [-0.39, 0.29) is 17.9 Å². The van der Waals surface area contributed by atoms with E-state index in [0.29, 0.717) is 44.2 Å². The second-order valence-corrected chi connectivity index (χ2v) is 7.47. The molecule has 0 bridgehead atoms. The summed E-state index contributed by atoms with van der Waals surface area (Å²) in [6.45, 7) is -0.0203. The molecule has 0 spiro atoms. The molecule has 0 saturated carbocycles. The topological polar surface area (TPSA) is 51.1 Å². The summed E-state index contributed by atoms with van der Waals surface area (Å²) in [4.78, 5) is 25.9. The predicted molar refractivity (Wildman–Crippen MR) is 113 cm³/mol. The fourth-order valence-electron chi connectivity index (χ4n) is 3.34. The first-order valence-electron chi connectivity index (χ1n) is 8.88. The SMILES string of the molecule is O=C(Cn1c2ccccc2c(=O)c2ccccc21)Nc1cccc(SC(F)F)c1. The number of aromatic nitrogens is 1. The van der Waals surface area contributed by atoms with Crippen LogP contribution in [0.4, 0.5) is 14.5 Å². The quantitative estimate of drug-likeness (QED) is 0.368. The maximum Gasteiger partial charge on any atom is 0.288 e. The van der Waals surface area contributed by atoms with Gasteiger partial charge in [0, 0.05) is 21.4 Å². The van der Waals surface area contributed by atoms with Crippen LogP contribution in [0.1, 0.15) is 0 Å². The van der Waals surface area contributed by atoms with Gasteiger partial charge in [-0.25, -0.2) is 0 Å². The summed E-state index contributed by atoms with van der Waals surface area (Å²) >= 11 is 0.424. The normalized spacial score (nSPS) is 11.3. The van der Waals surface area contributed by atoms with Crippen LogP contribution in [0.5, 0.6) is 0 Å². The summed E-state index contributed by atoms with van der Waals surface area (Å²) in [5, 5.41) is 3.82. The number of hydrogen-bond acceptors (Lipinski definition) is 3. The number of nitrogens with one attached hydrogen (secondary N) is 1. The minimum Gasteiger partial charge on any atom is -0.331 e. The highest BCUT2D eigenvalue weighted by Crippen LogP contribution is 2.27. The molecule has 0 aliphatic heterocycles. The first-order chi connectivity index (χ1) is 14.0. The zero-order valence-electron chi connectivity index (χ0n) is 15.1. The average molecular weight is 410 g/mol.